The van der Waals surface area contributed by atoms with Crippen molar-refractivity contribution in [3.8, 4) is 22.3 Å². The standard InChI is InChI=1S/2C21H25.2C11H17.2C3H6.2ClH.2Zr/c2*1-20(2,3)16-9-7-14-11-15-8-10-17(21(4,5)6)13-19(15)18(14)12-16;2*1-4-9-11(2,3)10-7-5-6-8-10;2*1-3-2;;;;/h2*7,9-10,12-13H,11H2,1-6H3;2*7-8H,4-5,9H2,1-3H3;2*1-2H3;2*1H;;/q4*-1;;;;;2*+2/p-2. The summed E-state index contributed by atoms with van der Waals surface area (Å²) in [6, 6.07) is 30.1. The van der Waals surface area contributed by atoms with Gasteiger partial charge in [-0.1, -0.05) is 231 Å². The van der Waals surface area contributed by atoms with E-state index in [9.17, 15) is 0 Å². The van der Waals surface area contributed by atoms with E-state index in [2.05, 4.69) is 262 Å². The van der Waals surface area contributed by atoms with Crippen molar-refractivity contribution in [2.24, 2.45) is 10.8 Å². The van der Waals surface area contributed by atoms with Crippen LogP contribution in [0.2, 0.25) is 0 Å². The molecule has 0 bridgehead atoms. The van der Waals surface area contributed by atoms with Crippen LogP contribution in [0, 0.1) is 35.1 Å². The molecule has 0 spiro atoms. The van der Waals surface area contributed by atoms with Crippen LogP contribution < -0.4 is 24.8 Å². The van der Waals surface area contributed by atoms with Crippen LogP contribution in [0.3, 0.4) is 0 Å². The van der Waals surface area contributed by atoms with E-state index < -0.39 is 0 Å². The van der Waals surface area contributed by atoms with Gasteiger partial charge in [-0.2, -0.15) is 82.0 Å². The zero-order chi connectivity index (χ0) is 54.6. The molecule has 0 fully saturated rings. The Balaban J connectivity index is 0.000000482. The SMILES string of the molecule is CC(C)(C)c1c[c-]c2c(c1)-c1cc(C(C)(C)C)ccc1C2.CC(C)(C)c1c[c-]c2c(c1)-c1cc(C(C)(C)C)ccc1C2.CCCC(C)(C)C1=CC[C-]=C1.CCCC(C)(C)C1=CC[C-]=C1.C[C](C)=[Zr+2].C[C](C)=[Zr+2].[Cl-].[Cl-]. The average Bonchev–Trinajstić information content (AvgIpc) is 4.09. The Kier molecular flexibility index (Phi) is 28.1. The molecule has 0 nitrogen and oxygen atoms in total. The summed E-state index contributed by atoms with van der Waals surface area (Å²) in [6.07, 6.45) is 24.5. The van der Waals surface area contributed by atoms with Gasteiger partial charge in [0.25, 0.3) is 0 Å². The molecule has 400 valence electrons. The second kappa shape index (κ2) is 29.8. The molecule has 0 N–H and O–H groups in total. The van der Waals surface area contributed by atoms with Gasteiger partial charge in [-0.25, -0.2) is 12.2 Å². The van der Waals surface area contributed by atoms with Crippen LogP contribution in [0.5, 0.6) is 0 Å². The molecule has 74 heavy (non-hydrogen) atoms. The second-order valence-corrected chi connectivity index (χ2v) is 31.3. The van der Waals surface area contributed by atoms with Gasteiger partial charge < -0.3 is 24.8 Å². The van der Waals surface area contributed by atoms with E-state index in [-0.39, 0.29) is 46.5 Å². The minimum Gasteiger partial charge on any atom is -1.00 e. The molecule has 0 saturated carbocycles. The van der Waals surface area contributed by atoms with E-state index in [4.69, 9.17) is 0 Å². The van der Waals surface area contributed by atoms with Crippen LogP contribution in [0.1, 0.15) is 235 Å². The molecule has 0 aliphatic heterocycles. The molecule has 0 unspecified atom stereocenters. The predicted octanol–water partition coefficient (Wildman–Crippen LogP) is 13.8. The number of hydrogen-bond acceptors (Lipinski definition) is 0. The van der Waals surface area contributed by atoms with Gasteiger partial charge in [-0.3, -0.25) is 12.2 Å². The normalized spacial score (nSPS) is 13.8. The zero-order valence-electron chi connectivity index (χ0n) is 50.5. The summed E-state index contributed by atoms with van der Waals surface area (Å²) in [4.78, 5) is 0. The monoisotopic (exact) mass is 1190 g/mol. The molecule has 0 saturated heterocycles. The van der Waals surface area contributed by atoms with E-state index >= 15 is 0 Å². The molecule has 4 heteroatoms. The molecule has 4 aromatic rings. The molecular weight excluding hydrogens is 1090 g/mol. The van der Waals surface area contributed by atoms with Crippen molar-refractivity contribution in [2.75, 3.05) is 0 Å². The number of rotatable bonds is 6. The van der Waals surface area contributed by atoms with Gasteiger partial charge in [-0.05, 0) is 34.8 Å². The van der Waals surface area contributed by atoms with Crippen molar-refractivity contribution in [1.82, 2.24) is 0 Å². The maximum Gasteiger partial charge on any atom is -1.00 e. The third-order valence-corrected chi connectivity index (χ3v) is 13.8. The fourth-order valence-corrected chi connectivity index (χ4v) is 9.24. The van der Waals surface area contributed by atoms with Gasteiger partial charge in [0.1, 0.15) is 0 Å². The molecule has 4 aromatic carbocycles. The van der Waals surface area contributed by atoms with E-state index in [0.29, 0.717) is 10.8 Å². The molecule has 0 amide bonds. The van der Waals surface area contributed by atoms with E-state index in [1.807, 2.05) is 0 Å². The van der Waals surface area contributed by atoms with E-state index in [1.54, 1.807) is 48.5 Å². The van der Waals surface area contributed by atoms with Crippen LogP contribution in [0.25, 0.3) is 22.3 Å². The maximum absolute atomic E-state index is 3.53. The Morgan fingerprint density at radius 2 is 0.730 bits per heavy atom. The molecule has 4 aliphatic carbocycles. The van der Waals surface area contributed by atoms with Crippen molar-refractivity contribution < 1.29 is 73.3 Å². The minimum atomic E-state index is 0. The van der Waals surface area contributed by atoms with Crippen molar-refractivity contribution >= 4 is 6.41 Å². The van der Waals surface area contributed by atoms with Crippen molar-refractivity contribution in [3.05, 3.63) is 165 Å². The summed E-state index contributed by atoms with van der Waals surface area (Å²) < 4.78 is 3.01. The fraction of sp³-hybridized carbons (Fsp3) is 0.514. The molecule has 0 heterocycles. The van der Waals surface area contributed by atoms with Crippen LogP contribution >= 0.6 is 0 Å². The molecule has 4 aliphatic rings. The predicted molar refractivity (Wildman–Crippen MR) is 313 cm³/mol. The molecule has 0 aromatic heterocycles. The summed E-state index contributed by atoms with van der Waals surface area (Å²) in [5, 5.41) is 0. The topological polar surface area (TPSA) is 0 Å². The largest absolute Gasteiger partial charge is 1.00 e. The van der Waals surface area contributed by atoms with Crippen molar-refractivity contribution in [3.63, 3.8) is 0 Å². The molecular formula is C70H96Cl2Zr2-2. The van der Waals surface area contributed by atoms with Crippen molar-refractivity contribution in [2.45, 2.75) is 225 Å². The van der Waals surface area contributed by atoms with Gasteiger partial charge >= 0.3 is 82.6 Å². The summed E-state index contributed by atoms with van der Waals surface area (Å²) in [7, 11) is 0. The smallest absolute Gasteiger partial charge is 1.00 e. The minimum absolute atomic E-state index is 0. The first-order chi connectivity index (χ1) is 33.1. The van der Waals surface area contributed by atoms with Crippen LogP contribution in [0.4, 0.5) is 0 Å². The zero-order valence-corrected chi connectivity index (χ0v) is 56.9. The van der Waals surface area contributed by atoms with Crippen molar-refractivity contribution in [1.29, 1.82) is 0 Å². The first-order valence-electron chi connectivity index (χ1n) is 27.1. The Morgan fingerprint density at radius 1 is 0.446 bits per heavy atom. The third kappa shape index (κ3) is 21.6. The van der Waals surface area contributed by atoms with Gasteiger partial charge in [0.2, 0.25) is 0 Å². The maximum atomic E-state index is 3.53. The van der Waals surface area contributed by atoms with Crippen LogP contribution in [0.15, 0.2) is 96.1 Å². The van der Waals surface area contributed by atoms with Gasteiger partial charge in [0.15, 0.2) is 0 Å². The van der Waals surface area contributed by atoms with E-state index in [0.717, 1.165) is 25.7 Å². The van der Waals surface area contributed by atoms with Crippen LogP contribution in [-0.2, 0) is 83.0 Å². The van der Waals surface area contributed by atoms with Gasteiger partial charge in [-0.15, -0.1) is 24.0 Å². The fourth-order valence-electron chi connectivity index (χ4n) is 9.24. The second-order valence-electron chi connectivity index (χ2n) is 26.4. The first-order valence-corrected chi connectivity index (χ1v) is 29.5. The number of hydrogen-bond donors (Lipinski definition) is 0. The Labute approximate surface area is 498 Å². The van der Waals surface area contributed by atoms with Gasteiger partial charge in [0, 0.05) is 0 Å². The summed E-state index contributed by atoms with van der Waals surface area (Å²) in [6.45, 7) is 49.5. The summed E-state index contributed by atoms with van der Waals surface area (Å²) in [5.74, 6) is 0. The number of benzene rings is 4. The Hall–Kier alpha value is -2.07. The molecule has 0 radical (unpaired) electrons. The number of fused-ring (bicyclic) bond motifs is 6. The average molecular weight is 1190 g/mol. The quantitative estimate of drug-likeness (QED) is 0.146. The molecule has 8 rings (SSSR count). The first kappa shape index (κ1) is 69.9. The number of allylic oxidation sites excluding steroid dienone is 8. The molecule has 0 atom stereocenters. The Morgan fingerprint density at radius 3 is 0.973 bits per heavy atom. The Bertz CT molecular complexity index is 2280. The number of halogens is 2. The summed E-state index contributed by atoms with van der Waals surface area (Å²) >= 11 is 3.11. The van der Waals surface area contributed by atoms with Gasteiger partial charge in [0.05, 0.1) is 0 Å². The third-order valence-electron chi connectivity index (χ3n) is 13.8. The van der Waals surface area contributed by atoms with Crippen LogP contribution in [-0.4, -0.2) is 6.41 Å². The summed E-state index contributed by atoms with van der Waals surface area (Å²) in [5.41, 5.74) is 21.2. The van der Waals surface area contributed by atoms with E-state index in [1.165, 1.54) is 110 Å².